The van der Waals surface area contributed by atoms with Crippen molar-refractivity contribution < 1.29 is 31.5 Å². The molecule has 1 atom stereocenters. The number of thioether (sulfide) groups is 1. The summed E-state index contributed by atoms with van der Waals surface area (Å²) in [6, 6.07) is 6.14. The summed E-state index contributed by atoms with van der Waals surface area (Å²) in [5.74, 6) is -3.16. The molecule has 148 valence electrons. The summed E-state index contributed by atoms with van der Waals surface area (Å²) in [6.07, 6.45) is -4.95. The Labute approximate surface area is 160 Å². The van der Waals surface area contributed by atoms with Gasteiger partial charge in [-0.2, -0.15) is 13.2 Å². The lowest BCUT2D eigenvalue weighted by atomic mass is 10.1. The first kappa shape index (κ1) is 20.1. The smallest absolute Gasteiger partial charge is 0.324 e. The van der Waals surface area contributed by atoms with Crippen LogP contribution in [0.4, 0.5) is 27.6 Å². The van der Waals surface area contributed by atoms with E-state index in [1.54, 1.807) is 0 Å². The molecule has 2 amide bonds. The molecule has 1 aliphatic heterocycles. The van der Waals surface area contributed by atoms with Gasteiger partial charge in [0.15, 0.2) is 0 Å². The maximum atomic E-state index is 13.4. The van der Waals surface area contributed by atoms with Crippen LogP contribution in [0.5, 0.6) is 0 Å². The Morgan fingerprint density at radius 3 is 2.54 bits per heavy atom. The van der Waals surface area contributed by atoms with Gasteiger partial charge < -0.3 is 10.2 Å². The minimum absolute atomic E-state index is 0.0821. The van der Waals surface area contributed by atoms with Gasteiger partial charge in [0.1, 0.15) is 17.7 Å². The van der Waals surface area contributed by atoms with E-state index in [0.717, 1.165) is 17.0 Å². The highest BCUT2D eigenvalue weighted by Crippen LogP contribution is 2.33. The topological polar surface area (TPSA) is 49.4 Å². The number of hydrogen-bond acceptors (Lipinski definition) is 3. The Balaban J connectivity index is 1.80. The van der Waals surface area contributed by atoms with Crippen molar-refractivity contribution in [3.63, 3.8) is 0 Å². The molecule has 1 aliphatic rings. The summed E-state index contributed by atoms with van der Waals surface area (Å²) in [5.41, 5.74) is -1.74. The maximum Gasteiger partial charge on any atom is 0.419 e. The largest absolute Gasteiger partial charge is 0.419 e. The molecule has 1 fully saturated rings. The van der Waals surface area contributed by atoms with Crippen molar-refractivity contribution in [1.29, 1.82) is 0 Å². The van der Waals surface area contributed by atoms with Gasteiger partial charge in [0.2, 0.25) is 5.91 Å². The molecule has 0 saturated carbocycles. The van der Waals surface area contributed by atoms with E-state index in [1.807, 2.05) is 0 Å². The molecule has 1 heterocycles. The Morgan fingerprint density at radius 1 is 1.11 bits per heavy atom. The van der Waals surface area contributed by atoms with Crippen LogP contribution in [0.3, 0.4) is 0 Å². The van der Waals surface area contributed by atoms with Crippen LogP contribution >= 0.6 is 11.8 Å². The van der Waals surface area contributed by atoms with Crippen LogP contribution in [0.15, 0.2) is 42.5 Å². The van der Waals surface area contributed by atoms with Crippen LogP contribution in [0.2, 0.25) is 0 Å². The zero-order valence-electron chi connectivity index (χ0n) is 14.1. The molecular formula is C18H13F5N2O2S. The normalized spacial score (nSPS) is 16.9. The molecule has 0 aromatic heterocycles. The quantitative estimate of drug-likeness (QED) is 0.766. The van der Waals surface area contributed by atoms with Crippen molar-refractivity contribution in [2.45, 2.75) is 12.2 Å². The van der Waals surface area contributed by atoms with Crippen molar-refractivity contribution in [2.24, 2.45) is 0 Å². The zero-order chi connectivity index (χ0) is 20.5. The fraction of sp³-hybridized carbons (Fsp3) is 0.222. The maximum absolute atomic E-state index is 13.4. The van der Waals surface area contributed by atoms with Crippen LogP contribution in [0.25, 0.3) is 0 Å². The number of carbonyl (C=O) groups excluding carboxylic acids is 2. The van der Waals surface area contributed by atoms with Crippen LogP contribution < -0.4 is 5.32 Å². The number of nitrogens with one attached hydrogen (secondary N) is 1. The third-order valence-electron chi connectivity index (χ3n) is 4.06. The van der Waals surface area contributed by atoms with Gasteiger partial charge in [-0.25, -0.2) is 8.78 Å². The molecule has 0 spiro atoms. The zero-order valence-corrected chi connectivity index (χ0v) is 14.9. The number of benzene rings is 2. The van der Waals surface area contributed by atoms with Gasteiger partial charge in [-0.3, -0.25) is 9.59 Å². The first-order valence-corrected chi connectivity index (χ1v) is 9.14. The summed E-state index contributed by atoms with van der Waals surface area (Å²) in [6.45, 7) is 0. The predicted octanol–water partition coefficient (Wildman–Crippen LogP) is 4.14. The van der Waals surface area contributed by atoms with E-state index in [2.05, 4.69) is 5.32 Å². The second-order valence-corrected chi connectivity index (χ2v) is 6.98. The highest BCUT2D eigenvalue weighted by Gasteiger charge is 2.38. The van der Waals surface area contributed by atoms with Crippen LogP contribution in [0.1, 0.15) is 15.9 Å². The molecule has 4 nitrogen and oxygen atoms in total. The van der Waals surface area contributed by atoms with E-state index in [9.17, 15) is 31.5 Å². The number of alkyl halides is 3. The summed E-state index contributed by atoms with van der Waals surface area (Å²) >= 11 is 1.24. The number of hydrogen-bond donors (Lipinski definition) is 1. The standard InChI is InChI=1S/C18H13F5N2O2S/c19-11-2-1-3-12(7-11)24-16(26)15-8-28-9-25(15)17(27)10-4-5-14(20)13(6-10)18(21,22)23/h1-7,15H,8-9H2,(H,24,26). The van der Waals surface area contributed by atoms with Crippen LogP contribution in [-0.2, 0) is 11.0 Å². The van der Waals surface area contributed by atoms with E-state index in [4.69, 9.17) is 0 Å². The van der Waals surface area contributed by atoms with E-state index in [0.29, 0.717) is 12.1 Å². The molecule has 0 bridgehead atoms. The molecule has 10 heteroatoms. The lowest BCUT2D eigenvalue weighted by Gasteiger charge is -2.23. The van der Waals surface area contributed by atoms with E-state index < -0.39 is 41.2 Å². The van der Waals surface area contributed by atoms with Gasteiger partial charge in [-0.15, -0.1) is 11.8 Å². The van der Waals surface area contributed by atoms with Crippen molar-refractivity contribution in [3.8, 4) is 0 Å². The first-order chi connectivity index (χ1) is 13.2. The summed E-state index contributed by atoms with van der Waals surface area (Å²) < 4.78 is 65.3. The summed E-state index contributed by atoms with van der Waals surface area (Å²) in [4.78, 5) is 26.2. The molecule has 28 heavy (non-hydrogen) atoms. The second kappa shape index (κ2) is 7.78. The Bertz CT molecular complexity index is 919. The monoisotopic (exact) mass is 416 g/mol. The van der Waals surface area contributed by atoms with Crippen molar-refractivity contribution in [1.82, 2.24) is 4.90 Å². The molecule has 0 aliphatic carbocycles. The molecular weight excluding hydrogens is 403 g/mol. The molecule has 3 rings (SSSR count). The average molecular weight is 416 g/mol. The number of nitrogens with zero attached hydrogens (tertiary/aromatic N) is 1. The van der Waals surface area contributed by atoms with E-state index in [-0.39, 0.29) is 22.9 Å². The highest BCUT2D eigenvalue weighted by molar-refractivity contribution is 7.99. The Kier molecular flexibility index (Phi) is 5.59. The number of amides is 2. The number of anilines is 1. The predicted molar refractivity (Wildman–Crippen MR) is 93.7 cm³/mol. The number of halogens is 5. The fourth-order valence-corrected chi connectivity index (χ4v) is 3.85. The fourth-order valence-electron chi connectivity index (χ4n) is 2.69. The van der Waals surface area contributed by atoms with Gasteiger partial charge in [0.05, 0.1) is 11.4 Å². The van der Waals surface area contributed by atoms with Crippen molar-refractivity contribution in [2.75, 3.05) is 16.9 Å². The second-order valence-electron chi connectivity index (χ2n) is 5.98. The molecule has 2 aromatic rings. The molecule has 1 N–H and O–H groups in total. The number of carbonyl (C=O) groups is 2. The lowest BCUT2D eigenvalue weighted by molar-refractivity contribution is -0.140. The highest BCUT2D eigenvalue weighted by atomic mass is 32.2. The molecule has 2 aromatic carbocycles. The van der Waals surface area contributed by atoms with Gasteiger partial charge >= 0.3 is 6.18 Å². The van der Waals surface area contributed by atoms with Gasteiger partial charge in [-0.1, -0.05) is 6.07 Å². The molecule has 0 radical (unpaired) electrons. The van der Waals surface area contributed by atoms with Gasteiger partial charge in [0.25, 0.3) is 5.91 Å². The van der Waals surface area contributed by atoms with Gasteiger partial charge in [-0.05, 0) is 36.4 Å². The summed E-state index contributed by atoms with van der Waals surface area (Å²) in [5, 5.41) is 2.48. The Morgan fingerprint density at radius 2 is 1.86 bits per heavy atom. The molecule has 1 saturated heterocycles. The lowest BCUT2D eigenvalue weighted by Crippen LogP contribution is -2.44. The SMILES string of the molecule is O=C(Nc1cccc(F)c1)C1CSCN1C(=O)c1ccc(F)c(C(F)(F)F)c1. The minimum Gasteiger partial charge on any atom is -0.324 e. The third kappa shape index (κ3) is 4.27. The third-order valence-corrected chi connectivity index (χ3v) is 5.07. The van der Waals surface area contributed by atoms with Crippen molar-refractivity contribution >= 4 is 29.3 Å². The van der Waals surface area contributed by atoms with Gasteiger partial charge in [0, 0.05) is 17.0 Å². The first-order valence-electron chi connectivity index (χ1n) is 7.98. The Hall–Kier alpha value is -2.62. The van der Waals surface area contributed by atoms with E-state index in [1.165, 1.54) is 30.0 Å². The van der Waals surface area contributed by atoms with E-state index >= 15 is 0 Å². The van der Waals surface area contributed by atoms with Crippen LogP contribution in [0, 0.1) is 11.6 Å². The number of rotatable bonds is 3. The average Bonchev–Trinajstić information content (AvgIpc) is 3.10. The molecule has 1 unspecified atom stereocenters. The van der Waals surface area contributed by atoms with Crippen molar-refractivity contribution in [3.05, 3.63) is 65.2 Å². The summed E-state index contributed by atoms with van der Waals surface area (Å²) in [7, 11) is 0. The van der Waals surface area contributed by atoms with Crippen LogP contribution in [-0.4, -0.2) is 34.4 Å². The minimum atomic E-state index is -4.95.